The lowest BCUT2D eigenvalue weighted by atomic mass is 10.1. The molecule has 1 N–H and O–H groups in total. The second-order valence-corrected chi connectivity index (χ2v) is 10.1. The number of aromatic nitrogens is 1. The van der Waals surface area contributed by atoms with E-state index in [0.717, 1.165) is 28.1 Å². The topological polar surface area (TPSA) is 70.2 Å². The molecule has 0 unspecified atom stereocenters. The first-order valence-corrected chi connectivity index (χ1v) is 12.1. The van der Waals surface area contributed by atoms with E-state index in [1.807, 2.05) is 56.3 Å². The lowest BCUT2D eigenvalue weighted by molar-refractivity contribution is 0.404. The first-order chi connectivity index (χ1) is 15.8. The number of fused-ring (bicyclic) bond motifs is 1. The first kappa shape index (κ1) is 22.9. The number of rotatable bonds is 7. The van der Waals surface area contributed by atoms with Crippen molar-refractivity contribution in [3.63, 3.8) is 0 Å². The molecule has 170 valence electrons. The monoisotopic (exact) mass is 464 g/mol. The average molecular weight is 465 g/mol. The molecule has 4 aromatic rings. The smallest absolute Gasteiger partial charge is 0.252 e. The number of aromatic amines is 1. The van der Waals surface area contributed by atoms with Crippen LogP contribution in [0.25, 0.3) is 10.9 Å². The third-order valence-corrected chi connectivity index (χ3v) is 7.65. The van der Waals surface area contributed by atoms with Crippen LogP contribution < -0.4 is 5.56 Å². The summed E-state index contributed by atoms with van der Waals surface area (Å²) in [6.45, 7) is 3.84. The zero-order chi connectivity index (χ0) is 23.6. The van der Waals surface area contributed by atoms with Gasteiger partial charge in [0.05, 0.1) is 0 Å². The van der Waals surface area contributed by atoms with Crippen LogP contribution in [0.2, 0.25) is 0 Å². The van der Waals surface area contributed by atoms with E-state index in [4.69, 9.17) is 0 Å². The summed E-state index contributed by atoms with van der Waals surface area (Å²) < 4.78 is 42.6. The van der Waals surface area contributed by atoms with Gasteiger partial charge in [0.15, 0.2) is 0 Å². The molecule has 0 amide bonds. The summed E-state index contributed by atoms with van der Waals surface area (Å²) in [5.41, 5.74) is 3.68. The number of nitrogens with zero attached hydrogens (tertiary/aromatic N) is 1. The molecule has 0 atom stereocenters. The van der Waals surface area contributed by atoms with Crippen LogP contribution in [0.4, 0.5) is 4.39 Å². The number of hydrogen-bond donors (Lipinski definition) is 1. The molecule has 0 saturated carbocycles. The van der Waals surface area contributed by atoms with Crippen LogP contribution in [-0.4, -0.2) is 24.3 Å². The fourth-order valence-corrected chi connectivity index (χ4v) is 5.38. The molecule has 33 heavy (non-hydrogen) atoms. The van der Waals surface area contributed by atoms with E-state index in [2.05, 4.69) is 4.98 Å². The number of sulfonamides is 1. The van der Waals surface area contributed by atoms with Gasteiger partial charge < -0.3 is 4.98 Å². The second-order valence-electron chi connectivity index (χ2n) is 8.16. The van der Waals surface area contributed by atoms with Crippen molar-refractivity contribution in [1.82, 2.24) is 9.29 Å². The number of halogens is 1. The molecule has 5 nitrogen and oxygen atoms in total. The van der Waals surface area contributed by atoms with E-state index in [1.54, 1.807) is 6.07 Å². The standard InChI is InChI=1S/C26H25FN2O3S/c1-18-11-12-24-21(15-18)16-22(26(30)28-24)17-29(14-13-20-8-4-3-7-19(20)2)33(31,32)25-10-6-5-9-23(25)27/h3-12,15-16H,13-14,17H2,1-2H3,(H,28,30). The van der Waals surface area contributed by atoms with Gasteiger partial charge in [0.25, 0.3) is 5.56 Å². The molecule has 0 aliphatic rings. The quantitative estimate of drug-likeness (QED) is 0.430. The summed E-state index contributed by atoms with van der Waals surface area (Å²) in [6.07, 6.45) is 0.435. The van der Waals surface area contributed by atoms with Crippen LogP contribution in [-0.2, 0) is 23.0 Å². The molecule has 0 saturated heterocycles. The summed E-state index contributed by atoms with van der Waals surface area (Å²) in [5.74, 6) is -0.818. The normalized spacial score (nSPS) is 11.9. The zero-order valence-corrected chi connectivity index (χ0v) is 19.3. The fourth-order valence-electron chi connectivity index (χ4n) is 3.89. The van der Waals surface area contributed by atoms with Crippen molar-refractivity contribution in [2.75, 3.05) is 6.54 Å². The van der Waals surface area contributed by atoms with Crippen molar-refractivity contribution >= 4 is 20.9 Å². The Balaban J connectivity index is 1.75. The third kappa shape index (κ3) is 4.89. The van der Waals surface area contributed by atoms with Gasteiger partial charge in [0.1, 0.15) is 10.7 Å². The SMILES string of the molecule is Cc1ccc2[nH]c(=O)c(CN(CCc3ccccc3C)S(=O)(=O)c3ccccc3F)cc2c1. The highest BCUT2D eigenvalue weighted by Crippen LogP contribution is 2.22. The van der Waals surface area contributed by atoms with Crippen molar-refractivity contribution in [2.45, 2.75) is 31.7 Å². The lowest BCUT2D eigenvalue weighted by Crippen LogP contribution is -2.35. The summed E-state index contributed by atoms with van der Waals surface area (Å²) in [5, 5.41) is 0.812. The Morgan fingerprint density at radius 2 is 1.64 bits per heavy atom. The summed E-state index contributed by atoms with van der Waals surface area (Å²) in [4.78, 5) is 15.2. The van der Waals surface area contributed by atoms with Gasteiger partial charge in [-0.1, -0.05) is 48.0 Å². The van der Waals surface area contributed by atoms with Gasteiger partial charge in [-0.15, -0.1) is 0 Å². The first-order valence-electron chi connectivity index (χ1n) is 10.7. The second kappa shape index (κ2) is 9.29. The molecule has 0 aliphatic heterocycles. The summed E-state index contributed by atoms with van der Waals surface area (Å²) in [6, 6.07) is 20.4. The average Bonchev–Trinajstić information content (AvgIpc) is 2.78. The Labute approximate surface area is 192 Å². The molecule has 0 fully saturated rings. The maximum atomic E-state index is 14.5. The van der Waals surface area contributed by atoms with E-state index >= 15 is 0 Å². The van der Waals surface area contributed by atoms with E-state index in [1.165, 1.54) is 22.5 Å². The van der Waals surface area contributed by atoms with Crippen LogP contribution in [0.3, 0.4) is 0 Å². The van der Waals surface area contributed by atoms with Gasteiger partial charge in [-0.05, 0) is 67.1 Å². The molecule has 1 aromatic heterocycles. The third-order valence-electron chi connectivity index (χ3n) is 5.77. The Hall–Kier alpha value is -3.29. The number of pyridine rings is 1. The van der Waals surface area contributed by atoms with Gasteiger partial charge in [0, 0.05) is 24.2 Å². The molecular weight excluding hydrogens is 439 g/mol. The predicted molar refractivity (Wildman–Crippen MR) is 128 cm³/mol. The van der Waals surface area contributed by atoms with Gasteiger partial charge in [-0.25, -0.2) is 12.8 Å². The van der Waals surface area contributed by atoms with Crippen LogP contribution in [0.1, 0.15) is 22.3 Å². The van der Waals surface area contributed by atoms with Gasteiger partial charge in [-0.3, -0.25) is 4.79 Å². The maximum Gasteiger partial charge on any atom is 0.252 e. The molecule has 0 radical (unpaired) electrons. The predicted octanol–water partition coefficient (Wildman–Crippen LogP) is 4.72. The minimum Gasteiger partial charge on any atom is -0.322 e. The Morgan fingerprint density at radius 3 is 2.39 bits per heavy atom. The number of aryl methyl sites for hydroxylation is 2. The van der Waals surface area contributed by atoms with Gasteiger partial charge >= 0.3 is 0 Å². The number of hydrogen-bond acceptors (Lipinski definition) is 3. The fraction of sp³-hybridized carbons (Fsp3) is 0.192. The van der Waals surface area contributed by atoms with Crippen molar-refractivity contribution < 1.29 is 12.8 Å². The largest absolute Gasteiger partial charge is 0.322 e. The van der Waals surface area contributed by atoms with Crippen LogP contribution in [0.15, 0.2) is 82.5 Å². The van der Waals surface area contributed by atoms with Gasteiger partial charge in [-0.2, -0.15) is 4.31 Å². The molecule has 3 aromatic carbocycles. The maximum absolute atomic E-state index is 14.5. The number of benzene rings is 3. The summed E-state index contributed by atoms with van der Waals surface area (Å²) in [7, 11) is -4.19. The van der Waals surface area contributed by atoms with E-state index in [-0.39, 0.29) is 18.6 Å². The highest BCUT2D eigenvalue weighted by molar-refractivity contribution is 7.89. The minimum absolute atomic E-state index is 0.104. The van der Waals surface area contributed by atoms with E-state index in [0.29, 0.717) is 17.5 Å². The van der Waals surface area contributed by atoms with E-state index < -0.39 is 20.7 Å². The van der Waals surface area contributed by atoms with Crippen LogP contribution in [0, 0.1) is 19.7 Å². The number of H-pyrrole nitrogens is 1. The van der Waals surface area contributed by atoms with E-state index in [9.17, 15) is 17.6 Å². The molecular formula is C26H25FN2O3S. The number of nitrogens with one attached hydrogen (secondary N) is 1. The minimum atomic E-state index is -4.19. The Kier molecular flexibility index (Phi) is 6.44. The Bertz CT molecular complexity index is 1480. The summed E-state index contributed by atoms with van der Waals surface area (Å²) >= 11 is 0. The van der Waals surface area contributed by atoms with Crippen molar-refractivity contribution in [2.24, 2.45) is 0 Å². The van der Waals surface area contributed by atoms with Crippen LogP contribution in [0.5, 0.6) is 0 Å². The lowest BCUT2D eigenvalue weighted by Gasteiger charge is -2.23. The molecule has 0 aliphatic carbocycles. The highest BCUT2D eigenvalue weighted by atomic mass is 32.2. The zero-order valence-electron chi connectivity index (χ0n) is 18.5. The van der Waals surface area contributed by atoms with Crippen molar-refractivity contribution in [3.05, 3.63) is 111 Å². The molecule has 1 heterocycles. The molecule has 0 spiro atoms. The Morgan fingerprint density at radius 1 is 0.909 bits per heavy atom. The van der Waals surface area contributed by atoms with Crippen LogP contribution >= 0.6 is 0 Å². The molecule has 7 heteroatoms. The molecule has 0 bridgehead atoms. The van der Waals surface area contributed by atoms with Gasteiger partial charge in [0.2, 0.25) is 10.0 Å². The van der Waals surface area contributed by atoms with Crippen molar-refractivity contribution in [3.8, 4) is 0 Å². The van der Waals surface area contributed by atoms with Crippen molar-refractivity contribution in [1.29, 1.82) is 0 Å². The molecule has 4 rings (SSSR count). The highest BCUT2D eigenvalue weighted by Gasteiger charge is 2.28.